The van der Waals surface area contributed by atoms with Crippen LogP contribution in [0.25, 0.3) is 22.6 Å². The lowest BCUT2D eigenvalue weighted by Crippen LogP contribution is -2.29. The molecule has 8 nitrogen and oxygen atoms in total. The molecule has 0 aliphatic heterocycles. The van der Waals surface area contributed by atoms with Crippen LogP contribution in [0.1, 0.15) is 60.4 Å². The number of aryl methyl sites for hydroxylation is 2. The van der Waals surface area contributed by atoms with Gasteiger partial charge in [0.2, 0.25) is 0 Å². The molecule has 2 aromatic heterocycles. The van der Waals surface area contributed by atoms with Crippen LogP contribution in [0.5, 0.6) is 5.75 Å². The van der Waals surface area contributed by atoms with Crippen molar-refractivity contribution in [2.75, 3.05) is 20.2 Å². The fourth-order valence-corrected chi connectivity index (χ4v) is 4.99. The number of nitrogens with zero attached hydrogens (tertiary/aromatic N) is 4. The quantitative estimate of drug-likeness (QED) is 0.445. The maximum absolute atomic E-state index is 10.0. The first-order valence-electron chi connectivity index (χ1n) is 12.7. The highest BCUT2D eigenvalue weighted by Gasteiger charge is 2.23. The van der Waals surface area contributed by atoms with Gasteiger partial charge in [-0.2, -0.15) is 5.26 Å². The number of aliphatic hydroxyl groups is 1. The summed E-state index contributed by atoms with van der Waals surface area (Å²) in [4.78, 5) is 9.97. The molecule has 1 saturated carbocycles. The normalized spacial score (nSPS) is 15.0. The van der Waals surface area contributed by atoms with Gasteiger partial charge < -0.3 is 19.7 Å². The van der Waals surface area contributed by atoms with Crippen molar-refractivity contribution in [3.8, 4) is 34.5 Å². The molecule has 1 atom stereocenters. The Morgan fingerprint density at radius 1 is 1.19 bits per heavy atom. The average Bonchev–Trinajstić information content (AvgIpc) is 3.22. The smallest absolute Gasteiger partial charge is 0.161 e. The summed E-state index contributed by atoms with van der Waals surface area (Å²) < 4.78 is 11.3. The van der Waals surface area contributed by atoms with E-state index in [1.54, 1.807) is 25.2 Å². The van der Waals surface area contributed by atoms with Crippen molar-refractivity contribution in [1.82, 2.24) is 20.4 Å². The number of nitrogens with one attached hydrogen (secondary N) is 1. The van der Waals surface area contributed by atoms with Crippen LogP contribution < -0.4 is 10.1 Å². The van der Waals surface area contributed by atoms with E-state index in [9.17, 15) is 10.4 Å². The van der Waals surface area contributed by atoms with Crippen molar-refractivity contribution in [2.45, 2.75) is 65.4 Å². The van der Waals surface area contributed by atoms with Gasteiger partial charge in [-0.3, -0.25) is 0 Å². The van der Waals surface area contributed by atoms with Crippen LogP contribution in [0, 0.1) is 38.0 Å². The summed E-state index contributed by atoms with van der Waals surface area (Å²) >= 11 is 0. The number of rotatable bonds is 9. The van der Waals surface area contributed by atoms with E-state index in [0.29, 0.717) is 40.9 Å². The predicted molar refractivity (Wildman–Crippen MR) is 138 cm³/mol. The standard InChI is InChI=1S/C28H35N5O3/c1-17-25(12-20-8-6-5-7-9-20)31-28(32-27(17)26-18(2)33-36-19(26)3)24-13-23(11-10-21(24)14-29)35-16-22(34)15-30-4/h10-11,13,20,22,30,34H,5-9,12,15-16H2,1-4H3. The molecule has 1 unspecified atom stereocenters. The Bertz CT molecular complexity index is 1220. The van der Waals surface area contributed by atoms with E-state index in [2.05, 4.69) is 23.5 Å². The van der Waals surface area contributed by atoms with Crippen molar-refractivity contribution < 1.29 is 14.4 Å². The van der Waals surface area contributed by atoms with Gasteiger partial charge in [-0.1, -0.05) is 37.3 Å². The minimum atomic E-state index is -0.641. The SMILES string of the molecule is CNCC(O)COc1ccc(C#N)c(-c2nc(CC3CCCCC3)c(C)c(-c3c(C)noc3C)n2)c1. The first-order valence-corrected chi connectivity index (χ1v) is 12.7. The molecular formula is C28H35N5O3. The number of likely N-dealkylation sites (N-methyl/N-ethyl adjacent to an activating group) is 1. The minimum Gasteiger partial charge on any atom is -0.491 e. The average molecular weight is 490 g/mol. The third kappa shape index (κ3) is 5.75. The van der Waals surface area contributed by atoms with E-state index in [1.807, 2.05) is 13.8 Å². The largest absolute Gasteiger partial charge is 0.491 e. The van der Waals surface area contributed by atoms with Crippen LogP contribution >= 0.6 is 0 Å². The third-order valence-corrected chi connectivity index (χ3v) is 6.96. The summed E-state index contributed by atoms with van der Waals surface area (Å²) in [5, 5.41) is 27.0. The Labute approximate surface area is 212 Å². The maximum atomic E-state index is 10.0. The molecule has 1 aliphatic carbocycles. The molecule has 0 saturated heterocycles. The molecule has 0 bridgehead atoms. The molecule has 2 heterocycles. The van der Waals surface area contributed by atoms with Gasteiger partial charge in [0.1, 0.15) is 24.2 Å². The van der Waals surface area contributed by atoms with Crippen LogP contribution in [0.15, 0.2) is 22.7 Å². The Kier molecular flexibility index (Phi) is 8.34. The van der Waals surface area contributed by atoms with Crippen molar-refractivity contribution in [1.29, 1.82) is 5.26 Å². The number of hydrogen-bond donors (Lipinski definition) is 2. The molecular weight excluding hydrogens is 454 g/mol. The fourth-order valence-electron chi connectivity index (χ4n) is 4.99. The number of hydrogen-bond acceptors (Lipinski definition) is 8. The summed E-state index contributed by atoms with van der Waals surface area (Å²) in [7, 11) is 1.78. The van der Waals surface area contributed by atoms with Gasteiger partial charge in [-0.15, -0.1) is 0 Å². The predicted octanol–water partition coefficient (Wildman–Crippen LogP) is 4.68. The van der Waals surface area contributed by atoms with E-state index in [1.165, 1.54) is 32.1 Å². The van der Waals surface area contributed by atoms with Gasteiger partial charge in [0, 0.05) is 17.8 Å². The molecule has 8 heteroatoms. The molecule has 2 N–H and O–H groups in total. The molecule has 3 aromatic rings. The van der Waals surface area contributed by atoms with E-state index >= 15 is 0 Å². The molecule has 4 rings (SSSR count). The van der Waals surface area contributed by atoms with Crippen molar-refractivity contribution in [3.63, 3.8) is 0 Å². The lowest BCUT2D eigenvalue weighted by Gasteiger charge is -2.23. The number of nitriles is 1. The van der Waals surface area contributed by atoms with Gasteiger partial charge in [-0.05, 0) is 63.9 Å². The summed E-state index contributed by atoms with van der Waals surface area (Å²) in [5.74, 6) is 2.34. The topological polar surface area (TPSA) is 117 Å². The lowest BCUT2D eigenvalue weighted by molar-refractivity contribution is 0.108. The maximum Gasteiger partial charge on any atom is 0.161 e. The summed E-state index contributed by atoms with van der Waals surface area (Å²) in [5.41, 5.74) is 5.55. The zero-order valence-corrected chi connectivity index (χ0v) is 21.6. The summed E-state index contributed by atoms with van der Waals surface area (Å²) in [6, 6.07) is 7.52. The zero-order chi connectivity index (χ0) is 25.7. The number of aliphatic hydroxyl groups excluding tert-OH is 1. The first-order chi connectivity index (χ1) is 17.4. The Balaban J connectivity index is 1.79. The highest BCUT2D eigenvalue weighted by atomic mass is 16.5. The van der Waals surface area contributed by atoms with Crippen molar-refractivity contribution in [2.24, 2.45) is 5.92 Å². The molecule has 1 aromatic carbocycles. The second-order valence-corrected chi connectivity index (χ2v) is 9.72. The van der Waals surface area contributed by atoms with E-state index in [0.717, 1.165) is 34.6 Å². The van der Waals surface area contributed by atoms with E-state index < -0.39 is 6.10 Å². The van der Waals surface area contributed by atoms with Crippen LogP contribution in [-0.4, -0.2) is 46.5 Å². The first kappa shape index (κ1) is 25.8. The third-order valence-electron chi connectivity index (χ3n) is 6.96. The van der Waals surface area contributed by atoms with Gasteiger partial charge in [0.25, 0.3) is 0 Å². The van der Waals surface area contributed by atoms with Crippen LogP contribution in [-0.2, 0) is 6.42 Å². The molecule has 190 valence electrons. The molecule has 0 spiro atoms. The Morgan fingerprint density at radius 3 is 2.64 bits per heavy atom. The van der Waals surface area contributed by atoms with E-state index in [4.69, 9.17) is 19.2 Å². The highest BCUT2D eigenvalue weighted by molar-refractivity contribution is 5.73. The zero-order valence-electron chi connectivity index (χ0n) is 21.6. The molecule has 0 amide bonds. The Hall–Kier alpha value is -3.28. The van der Waals surface area contributed by atoms with E-state index in [-0.39, 0.29) is 6.61 Å². The minimum absolute atomic E-state index is 0.137. The molecule has 0 radical (unpaired) electrons. The fraction of sp³-hybridized carbons (Fsp3) is 0.500. The number of aromatic nitrogens is 3. The highest BCUT2D eigenvalue weighted by Crippen LogP contribution is 2.35. The number of ether oxygens (including phenoxy) is 1. The second-order valence-electron chi connectivity index (χ2n) is 9.72. The monoisotopic (exact) mass is 489 g/mol. The van der Waals surface area contributed by atoms with Crippen molar-refractivity contribution >= 4 is 0 Å². The molecule has 36 heavy (non-hydrogen) atoms. The molecule has 1 aliphatic rings. The Morgan fingerprint density at radius 2 is 1.97 bits per heavy atom. The van der Waals surface area contributed by atoms with Gasteiger partial charge >= 0.3 is 0 Å². The van der Waals surface area contributed by atoms with Crippen LogP contribution in [0.2, 0.25) is 0 Å². The lowest BCUT2D eigenvalue weighted by atomic mass is 9.85. The summed E-state index contributed by atoms with van der Waals surface area (Å²) in [6.07, 6.45) is 6.48. The van der Waals surface area contributed by atoms with Gasteiger partial charge in [0.05, 0.1) is 28.6 Å². The summed E-state index contributed by atoms with van der Waals surface area (Å²) in [6.45, 7) is 6.44. The molecule has 1 fully saturated rings. The second kappa shape index (κ2) is 11.6. The van der Waals surface area contributed by atoms with Crippen molar-refractivity contribution in [3.05, 3.63) is 46.5 Å². The van der Waals surface area contributed by atoms with Crippen LogP contribution in [0.4, 0.5) is 0 Å². The van der Waals surface area contributed by atoms with Gasteiger partial charge in [0.15, 0.2) is 5.82 Å². The van der Waals surface area contributed by atoms with Gasteiger partial charge in [-0.25, -0.2) is 9.97 Å². The number of benzene rings is 1. The van der Waals surface area contributed by atoms with Crippen LogP contribution in [0.3, 0.4) is 0 Å².